The van der Waals surface area contributed by atoms with E-state index in [1.165, 1.54) is 63.0 Å². The van der Waals surface area contributed by atoms with Gasteiger partial charge in [0.1, 0.15) is 11.5 Å². The van der Waals surface area contributed by atoms with Crippen molar-refractivity contribution >= 4 is 11.8 Å². The molecule has 1 atom stereocenters. The lowest BCUT2D eigenvalue weighted by atomic mass is 9.86. The molecule has 0 aromatic heterocycles. The molecule has 190 valence electrons. The minimum Gasteiger partial charge on any atom is -0.497 e. The van der Waals surface area contributed by atoms with Crippen LogP contribution in [0.4, 0.5) is 0 Å². The largest absolute Gasteiger partial charge is 0.497 e. The van der Waals surface area contributed by atoms with Gasteiger partial charge in [0, 0.05) is 11.5 Å². The molecule has 0 fully saturated rings. The maximum atomic E-state index is 12.5. The van der Waals surface area contributed by atoms with Crippen LogP contribution in [0, 0.1) is 0 Å². The third-order valence-corrected chi connectivity index (χ3v) is 6.63. The number of methoxy groups -OCH3 is 1. The number of esters is 1. The highest BCUT2D eigenvalue weighted by molar-refractivity contribution is 5.96. The standard InChI is InChI=1S/C32H38O4/c1-4-5-6-7-8-9-10-11-31(26-16-20-29(35-3)21-17-26)27-18-22-30(23-19-27)36-32(34)28-14-12-25(13-15-28)24(2)33/h12-23,31H,4-11H2,1-3H3. The summed E-state index contributed by atoms with van der Waals surface area (Å²) in [4.78, 5) is 24.0. The second-order valence-corrected chi connectivity index (χ2v) is 9.33. The molecule has 0 radical (unpaired) electrons. The van der Waals surface area contributed by atoms with Gasteiger partial charge in [-0.3, -0.25) is 4.79 Å². The Labute approximate surface area is 215 Å². The highest BCUT2D eigenvalue weighted by atomic mass is 16.5. The summed E-state index contributed by atoms with van der Waals surface area (Å²) in [7, 11) is 1.68. The SMILES string of the molecule is CCCCCCCCCC(c1ccc(OC)cc1)c1ccc(OC(=O)c2ccc(C(C)=O)cc2)cc1. The monoisotopic (exact) mass is 486 g/mol. The number of Topliss-reactive ketones (excluding diaryl/α,β-unsaturated/α-hetero) is 1. The number of hydrogen-bond acceptors (Lipinski definition) is 4. The Bertz CT molecular complexity index is 1080. The van der Waals surface area contributed by atoms with Gasteiger partial charge >= 0.3 is 5.97 Å². The van der Waals surface area contributed by atoms with E-state index in [4.69, 9.17) is 9.47 Å². The molecule has 0 spiro atoms. The van der Waals surface area contributed by atoms with Crippen LogP contribution in [0.25, 0.3) is 0 Å². The summed E-state index contributed by atoms with van der Waals surface area (Å²) in [6.07, 6.45) is 10.0. The average molecular weight is 487 g/mol. The van der Waals surface area contributed by atoms with Crippen molar-refractivity contribution in [2.75, 3.05) is 7.11 Å². The highest BCUT2D eigenvalue weighted by Crippen LogP contribution is 2.32. The quantitative estimate of drug-likeness (QED) is 0.0993. The molecule has 0 saturated carbocycles. The number of benzene rings is 3. The lowest BCUT2D eigenvalue weighted by Crippen LogP contribution is -2.09. The Morgan fingerprint density at radius 2 is 1.17 bits per heavy atom. The van der Waals surface area contributed by atoms with E-state index in [9.17, 15) is 9.59 Å². The zero-order chi connectivity index (χ0) is 25.8. The molecule has 0 saturated heterocycles. The summed E-state index contributed by atoms with van der Waals surface area (Å²) in [5.74, 6) is 1.16. The van der Waals surface area contributed by atoms with E-state index in [2.05, 4.69) is 31.2 Å². The zero-order valence-corrected chi connectivity index (χ0v) is 21.8. The first kappa shape index (κ1) is 27.2. The number of carbonyl (C=O) groups excluding carboxylic acids is 2. The second kappa shape index (κ2) is 14.2. The Morgan fingerprint density at radius 3 is 1.69 bits per heavy atom. The minimum atomic E-state index is -0.437. The molecule has 1 unspecified atom stereocenters. The number of rotatable bonds is 14. The minimum absolute atomic E-state index is 0.0339. The van der Waals surface area contributed by atoms with Gasteiger partial charge in [0.25, 0.3) is 0 Å². The van der Waals surface area contributed by atoms with Crippen LogP contribution in [-0.4, -0.2) is 18.9 Å². The van der Waals surface area contributed by atoms with Gasteiger partial charge in [-0.2, -0.15) is 0 Å². The summed E-state index contributed by atoms with van der Waals surface area (Å²) in [5.41, 5.74) is 3.45. The lowest BCUT2D eigenvalue weighted by molar-refractivity contribution is 0.0734. The van der Waals surface area contributed by atoms with Crippen LogP contribution in [-0.2, 0) is 0 Å². The molecule has 36 heavy (non-hydrogen) atoms. The molecular weight excluding hydrogens is 448 g/mol. The van der Waals surface area contributed by atoms with Crippen LogP contribution in [0.2, 0.25) is 0 Å². The van der Waals surface area contributed by atoms with Gasteiger partial charge in [0.15, 0.2) is 5.78 Å². The van der Waals surface area contributed by atoms with Crippen LogP contribution in [0.3, 0.4) is 0 Å². The molecule has 3 rings (SSSR count). The Hall–Kier alpha value is -3.40. The van der Waals surface area contributed by atoms with E-state index in [0.717, 1.165) is 12.2 Å². The molecule has 3 aromatic rings. The van der Waals surface area contributed by atoms with E-state index in [1.54, 1.807) is 31.4 Å². The first-order valence-corrected chi connectivity index (χ1v) is 13.1. The third kappa shape index (κ3) is 8.08. The molecule has 3 aromatic carbocycles. The van der Waals surface area contributed by atoms with E-state index >= 15 is 0 Å². The van der Waals surface area contributed by atoms with Crippen LogP contribution < -0.4 is 9.47 Å². The van der Waals surface area contributed by atoms with Crippen molar-refractivity contribution in [3.63, 3.8) is 0 Å². The normalized spacial score (nSPS) is 11.6. The van der Waals surface area contributed by atoms with Crippen LogP contribution in [0.1, 0.15) is 103 Å². The molecule has 0 N–H and O–H groups in total. The predicted molar refractivity (Wildman–Crippen MR) is 145 cm³/mol. The van der Waals surface area contributed by atoms with Crippen molar-refractivity contribution < 1.29 is 19.1 Å². The van der Waals surface area contributed by atoms with Gasteiger partial charge in [-0.25, -0.2) is 4.79 Å². The first-order valence-electron chi connectivity index (χ1n) is 13.1. The molecule has 0 amide bonds. The summed E-state index contributed by atoms with van der Waals surface area (Å²) in [5, 5.41) is 0. The van der Waals surface area contributed by atoms with E-state index in [-0.39, 0.29) is 11.7 Å². The number of unbranched alkanes of at least 4 members (excludes halogenated alkanes) is 6. The summed E-state index contributed by atoms with van der Waals surface area (Å²) in [6, 6.07) is 22.7. The van der Waals surface area contributed by atoms with Crippen molar-refractivity contribution in [3.8, 4) is 11.5 Å². The van der Waals surface area contributed by atoms with Crippen molar-refractivity contribution in [2.45, 2.75) is 71.1 Å². The smallest absolute Gasteiger partial charge is 0.343 e. The summed E-state index contributed by atoms with van der Waals surface area (Å²) in [6.45, 7) is 3.75. The van der Waals surface area contributed by atoms with Crippen molar-refractivity contribution in [1.29, 1.82) is 0 Å². The van der Waals surface area contributed by atoms with E-state index in [0.29, 0.717) is 16.9 Å². The van der Waals surface area contributed by atoms with Crippen LogP contribution >= 0.6 is 0 Å². The fourth-order valence-corrected chi connectivity index (χ4v) is 4.44. The third-order valence-electron chi connectivity index (χ3n) is 6.63. The molecular formula is C32H38O4. The number of hydrogen-bond donors (Lipinski definition) is 0. The molecule has 0 heterocycles. The van der Waals surface area contributed by atoms with E-state index in [1.807, 2.05) is 24.3 Å². The average Bonchev–Trinajstić information content (AvgIpc) is 2.91. The fraction of sp³-hybridized carbons (Fsp3) is 0.375. The van der Waals surface area contributed by atoms with Gasteiger partial charge in [-0.15, -0.1) is 0 Å². The number of ether oxygens (including phenoxy) is 2. The Kier molecular flexibility index (Phi) is 10.7. The van der Waals surface area contributed by atoms with Gasteiger partial charge < -0.3 is 9.47 Å². The van der Waals surface area contributed by atoms with E-state index < -0.39 is 5.97 Å². The lowest BCUT2D eigenvalue weighted by Gasteiger charge is -2.19. The fourth-order valence-electron chi connectivity index (χ4n) is 4.44. The van der Waals surface area contributed by atoms with Gasteiger partial charge in [-0.05, 0) is 60.9 Å². The molecule has 0 bridgehead atoms. The molecule has 4 nitrogen and oxygen atoms in total. The zero-order valence-electron chi connectivity index (χ0n) is 21.8. The van der Waals surface area contributed by atoms with Gasteiger partial charge in [-0.1, -0.05) is 88.3 Å². The first-order chi connectivity index (χ1) is 17.5. The Morgan fingerprint density at radius 1 is 0.667 bits per heavy atom. The van der Waals surface area contributed by atoms with Crippen LogP contribution in [0.15, 0.2) is 72.8 Å². The summed E-state index contributed by atoms with van der Waals surface area (Å²) >= 11 is 0. The second-order valence-electron chi connectivity index (χ2n) is 9.33. The van der Waals surface area contributed by atoms with Gasteiger partial charge in [0.2, 0.25) is 0 Å². The highest BCUT2D eigenvalue weighted by Gasteiger charge is 2.16. The molecule has 0 aliphatic rings. The molecule has 0 aliphatic carbocycles. The Balaban J connectivity index is 1.66. The van der Waals surface area contributed by atoms with Crippen molar-refractivity contribution in [1.82, 2.24) is 0 Å². The van der Waals surface area contributed by atoms with Crippen LogP contribution in [0.5, 0.6) is 11.5 Å². The summed E-state index contributed by atoms with van der Waals surface area (Å²) < 4.78 is 10.9. The number of carbonyl (C=O) groups is 2. The number of ketones is 1. The molecule has 4 heteroatoms. The van der Waals surface area contributed by atoms with Crippen molar-refractivity contribution in [2.24, 2.45) is 0 Å². The van der Waals surface area contributed by atoms with Gasteiger partial charge in [0.05, 0.1) is 12.7 Å². The maximum absolute atomic E-state index is 12.5. The maximum Gasteiger partial charge on any atom is 0.343 e. The molecule has 0 aliphatic heterocycles. The topological polar surface area (TPSA) is 52.6 Å². The predicted octanol–water partition coefficient (Wildman–Crippen LogP) is 8.39. The van der Waals surface area contributed by atoms with Crippen molar-refractivity contribution in [3.05, 3.63) is 95.1 Å².